The summed E-state index contributed by atoms with van der Waals surface area (Å²) in [5, 5.41) is 0. The molecule has 0 N–H and O–H groups in total. The van der Waals surface area contributed by atoms with Crippen LogP contribution in [0, 0.1) is 6.61 Å². The van der Waals surface area contributed by atoms with E-state index in [9.17, 15) is 0 Å². The number of hydrogen-bond acceptors (Lipinski definition) is 1. The maximum atomic E-state index is 5.52. The molecule has 0 saturated heterocycles. The van der Waals surface area contributed by atoms with Gasteiger partial charge in [-0.15, -0.1) is 0 Å². The highest BCUT2D eigenvalue weighted by Crippen LogP contribution is 2.08. The SMILES string of the molecule is CCCCCC[CH]OCCCCCCCCC. The monoisotopic (exact) mass is 241 g/mol. The third-order valence-electron chi connectivity index (χ3n) is 3.16. The Morgan fingerprint density at radius 2 is 1.18 bits per heavy atom. The van der Waals surface area contributed by atoms with Crippen LogP contribution in [-0.2, 0) is 4.74 Å². The van der Waals surface area contributed by atoms with Crippen LogP contribution < -0.4 is 0 Å². The molecular formula is C16H33O. The molecule has 0 heterocycles. The van der Waals surface area contributed by atoms with E-state index in [-0.39, 0.29) is 0 Å². The van der Waals surface area contributed by atoms with Gasteiger partial charge in [-0.3, -0.25) is 0 Å². The van der Waals surface area contributed by atoms with Gasteiger partial charge in [0.05, 0.1) is 6.61 Å². The van der Waals surface area contributed by atoms with Crippen molar-refractivity contribution in [1.29, 1.82) is 0 Å². The normalized spacial score (nSPS) is 10.9. The predicted molar refractivity (Wildman–Crippen MR) is 77.0 cm³/mol. The third-order valence-corrected chi connectivity index (χ3v) is 3.16. The number of ether oxygens (including phenoxy) is 1. The zero-order valence-corrected chi connectivity index (χ0v) is 12.2. The Labute approximate surface area is 109 Å². The fourth-order valence-corrected chi connectivity index (χ4v) is 1.96. The van der Waals surface area contributed by atoms with Crippen molar-refractivity contribution in [2.75, 3.05) is 6.61 Å². The fraction of sp³-hybridized carbons (Fsp3) is 0.938. The molecule has 0 rings (SSSR count). The van der Waals surface area contributed by atoms with E-state index in [1.54, 1.807) is 0 Å². The first-order chi connectivity index (χ1) is 8.41. The summed E-state index contributed by atoms with van der Waals surface area (Å²) >= 11 is 0. The summed E-state index contributed by atoms with van der Waals surface area (Å²) in [6.07, 6.45) is 16.0. The van der Waals surface area contributed by atoms with Crippen molar-refractivity contribution in [1.82, 2.24) is 0 Å². The fourth-order valence-electron chi connectivity index (χ4n) is 1.96. The van der Waals surface area contributed by atoms with Crippen LogP contribution >= 0.6 is 0 Å². The molecule has 0 spiro atoms. The van der Waals surface area contributed by atoms with E-state index in [0.29, 0.717) is 0 Å². The van der Waals surface area contributed by atoms with Crippen LogP contribution in [0.4, 0.5) is 0 Å². The van der Waals surface area contributed by atoms with Gasteiger partial charge in [0.15, 0.2) is 0 Å². The van der Waals surface area contributed by atoms with Crippen LogP contribution in [0.15, 0.2) is 0 Å². The van der Waals surface area contributed by atoms with E-state index < -0.39 is 0 Å². The minimum absolute atomic E-state index is 0.932. The second-order valence-electron chi connectivity index (χ2n) is 5.01. The first kappa shape index (κ1) is 17.0. The molecule has 0 aromatic rings. The van der Waals surface area contributed by atoms with E-state index >= 15 is 0 Å². The topological polar surface area (TPSA) is 9.23 Å². The molecule has 1 nitrogen and oxygen atoms in total. The molecule has 0 amide bonds. The maximum Gasteiger partial charge on any atom is 0.0836 e. The summed E-state index contributed by atoms with van der Waals surface area (Å²) in [4.78, 5) is 0. The standard InChI is InChI=1S/C16H33O/c1-3-5-7-9-10-12-14-16-17-15-13-11-8-6-4-2/h15H,3-14,16H2,1-2H3. The zero-order chi connectivity index (χ0) is 12.6. The molecule has 0 fully saturated rings. The largest absolute Gasteiger partial charge is 0.376 e. The van der Waals surface area contributed by atoms with Crippen molar-refractivity contribution in [3.63, 3.8) is 0 Å². The molecule has 0 bridgehead atoms. The lowest BCUT2D eigenvalue weighted by molar-refractivity contribution is 0.183. The van der Waals surface area contributed by atoms with Crippen LogP contribution in [0.1, 0.15) is 90.9 Å². The van der Waals surface area contributed by atoms with Crippen molar-refractivity contribution >= 4 is 0 Å². The first-order valence-electron chi connectivity index (χ1n) is 7.85. The average Bonchev–Trinajstić information content (AvgIpc) is 2.35. The van der Waals surface area contributed by atoms with E-state index in [1.165, 1.54) is 70.6 Å². The Hall–Kier alpha value is -0.0400. The van der Waals surface area contributed by atoms with Crippen molar-refractivity contribution in [2.45, 2.75) is 90.9 Å². The Bertz CT molecular complexity index is 109. The lowest BCUT2D eigenvalue weighted by Crippen LogP contribution is -1.92. The Balaban J connectivity index is 2.85. The van der Waals surface area contributed by atoms with Crippen LogP contribution in [0.25, 0.3) is 0 Å². The Kier molecular flexibility index (Phi) is 15.9. The predicted octanol–water partition coefficient (Wildman–Crippen LogP) is 5.89. The molecule has 0 saturated carbocycles. The lowest BCUT2D eigenvalue weighted by atomic mass is 10.1. The summed E-state index contributed by atoms with van der Waals surface area (Å²) in [7, 11) is 0. The van der Waals surface area contributed by atoms with Gasteiger partial charge in [-0.1, -0.05) is 78.1 Å². The third kappa shape index (κ3) is 16.0. The van der Waals surface area contributed by atoms with Gasteiger partial charge in [-0.05, 0) is 12.8 Å². The summed E-state index contributed by atoms with van der Waals surface area (Å²) in [6, 6.07) is 0. The van der Waals surface area contributed by atoms with Crippen LogP contribution in [0.3, 0.4) is 0 Å². The molecule has 103 valence electrons. The molecule has 0 atom stereocenters. The summed E-state index contributed by atoms with van der Waals surface area (Å²) in [6.45, 7) is 7.47. The van der Waals surface area contributed by atoms with E-state index in [1.807, 2.05) is 6.61 Å². The van der Waals surface area contributed by atoms with Crippen LogP contribution in [0.2, 0.25) is 0 Å². The van der Waals surface area contributed by atoms with Crippen molar-refractivity contribution in [3.8, 4) is 0 Å². The number of hydrogen-bond donors (Lipinski definition) is 0. The lowest BCUT2D eigenvalue weighted by Gasteiger charge is -2.03. The van der Waals surface area contributed by atoms with Gasteiger partial charge < -0.3 is 4.74 Å². The summed E-state index contributed by atoms with van der Waals surface area (Å²) < 4.78 is 5.52. The summed E-state index contributed by atoms with van der Waals surface area (Å²) in [5.74, 6) is 0. The Morgan fingerprint density at radius 3 is 1.82 bits per heavy atom. The van der Waals surface area contributed by atoms with Gasteiger partial charge in [-0.25, -0.2) is 0 Å². The first-order valence-corrected chi connectivity index (χ1v) is 7.85. The molecule has 0 aromatic carbocycles. The number of rotatable bonds is 14. The average molecular weight is 241 g/mol. The molecule has 1 radical (unpaired) electrons. The maximum absolute atomic E-state index is 5.52. The van der Waals surface area contributed by atoms with E-state index in [4.69, 9.17) is 4.74 Å². The zero-order valence-electron chi connectivity index (χ0n) is 12.2. The molecule has 0 aromatic heterocycles. The highest BCUT2D eigenvalue weighted by Gasteiger charge is 1.93. The molecule has 0 aliphatic carbocycles. The second-order valence-corrected chi connectivity index (χ2v) is 5.01. The van der Waals surface area contributed by atoms with E-state index in [0.717, 1.165) is 13.0 Å². The second kappa shape index (κ2) is 16.0. The smallest absolute Gasteiger partial charge is 0.0836 e. The van der Waals surface area contributed by atoms with Crippen molar-refractivity contribution in [2.24, 2.45) is 0 Å². The molecule has 0 aliphatic rings. The molecule has 0 unspecified atom stereocenters. The van der Waals surface area contributed by atoms with Gasteiger partial charge >= 0.3 is 0 Å². The van der Waals surface area contributed by atoms with Crippen molar-refractivity contribution in [3.05, 3.63) is 6.61 Å². The quantitative estimate of drug-likeness (QED) is 0.345. The van der Waals surface area contributed by atoms with Gasteiger partial charge in [0, 0.05) is 6.61 Å². The summed E-state index contributed by atoms with van der Waals surface area (Å²) in [5.41, 5.74) is 0. The van der Waals surface area contributed by atoms with Crippen LogP contribution in [-0.4, -0.2) is 6.61 Å². The number of unbranched alkanes of at least 4 members (excludes halogenated alkanes) is 10. The molecule has 17 heavy (non-hydrogen) atoms. The van der Waals surface area contributed by atoms with Crippen molar-refractivity contribution < 1.29 is 4.74 Å². The highest BCUT2D eigenvalue weighted by molar-refractivity contribution is 4.52. The van der Waals surface area contributed by atoms with Crippen LogP contribution in [0.5, 0.6) is 0 Å². The Morgan fingerprint density at radius 1 is 0.647 bits per heavy atom. The van der Waals surface area contributed by atoms with E-state index in [2.05, 4.69) is 13.8 Å². The molecular weight excluding hydrogens is 208 g/mol. The van der Waals surface area contributed by atoms with Gasteiger partial charge in [0.25, 0.3) is 0 Å². The molecule has 1 heteroatoms. The minimum atomic E-state index is 0.932. The van der Waals surface area contributed by atoms with Gasteiger partial charge in [-0.2, -0.15) is 0 Å². The highest BCUT2D eigenvalue weighted by atomic mass is 16.5. The van der Waals surface area contributed by atoms with Gasteiger partial charge in [0.2, 0.25) is 0 Å². The van der Waals surface area contributed by atoms with Gasteiger partial charge in [0.1, 0.15) is 0 Å². The minimum Gasteiger partial charge on any atom is -0.376 e. The molecule has 0 aliphatic heterocycles.